The highest BCUT2D eigenvalue weighted by molar-refractivity contribution is 5.98. The average Bonchev–Trinajstić information content (AvgIpc) is 3.46. The Morgan fingerprint density at radius 1 is 0.886 bits per heavy atom. The number of benzene rings is 3. The molecule has 3 aromatic carbocycles. The van der Waals surface area contributed by atoms with Gasteiger partial charge in [0, 0.05) is 24.3 Å². The first-order valence-electron chi connectivity index (χ1n) is 15.5. The van der Waals surface area contributed by atoms with E-state index < -0.39 is 24.2 Å². The molecular weight excluding hydrogens is 563 g/mol. The number of likely N-dealkylation sites (tertiary alicyclic amines) is 2. The monoisotopic (exact) mass is 605 g/mol. The molecule has 234 valence electrons. The summed E-state index contributed by atoms with van der Waals surface area (Å²) in [6, 6.07) is 20.8. The normalized spacial score (nSPS) is 21.3. The summed E-state index contributed by atoms with van der Waals surface area (Å²) in [4.78, 5) is 31.2. The predicted octanol–water partition coefficient (Wildman–Crippen LogP) is 8.05. The third kappa shape index (κ3) is 7.01. The Hall–Kier alpha value is -3.65. The van der Waals surface area contributed by atoms with Crippen molar-refractivity contribution < 1.29 is 22.8 Å². The topological polar surface area (TPSA) is 52.7 Å². The summed E-state index contributed by atoms with van der Waals surface area (Å²) in [5.74, 6) is -0.791. The first-order chi connectivity index (χ1) is 20.8. The molecule has 0 radical (unpaired) electrons. The number of nitrogens with one attached hydrogen (secondary N) is 1. The van der Waals surface area contributed by atoms with Gasteiger partial charge in [-0.2, -0.15) is 13.2 Å². The van der Waals surface area contributed by atoms with E-state index in [-0.39, 0.29) is 30.2 Å². The second kappa shape index (κ2) is 12.8. The molecular formula is C36H42F3N3O2. The maximum atomic E-state index is 14.0. The fourth-order valence-corrected chi connectivity index (χ4v) is 6.62. The van der Waals surface area contributed by atoms with Crippen molar-refractivity contribution in [3.63, 3.8) is 0 Å². The van der Waals surface area contributed by atoms with Gasteiger partial charge in [-0.05, 0) is 85.0 Å². The summed E-state index contributed by atoms with van der Waals surface area (Å²) in [5.41, 5.74) is 4.77. The van der Waals surface area contributed by atoms with E-state index in [1.165, 1.54) is 4.90 Å². The Bertz CT molecular complexity index is 1480. The first kappa shape index (κ1) is 31.8. The summed E-state index contributed by atoms with van der Waals surface area (Å²) in [5, 5.41) is 3.12. The number of hydrogen-bond acceptors (Lipinski definition) is 3. The summed E-state index contributed by atoms with van der Waals surface area (Å²) in [7, 11) is 0. The zero-order chi connectivity index (χ0) is 31.6. The Kier molecular flexibility index (Phi) is 9.21. The van der Waals surface area contributed by atoms with Crippen LogP contribution in [0.25, 0.3) is 0 Å². The second-order valence-corrected chi connectivity index (χ2v) is 13.2. The molecule has 1 N–H and O–H groups in total. The van der Waals surface area contributed by atoms with E-state index in [1.54, 1.807) is 4.90 Å². The van der Waals surface area contributed by atoms with Gasteiger partial charge in [0.15, 0.2) is 0 Å². The molecule has 44 heavy (non-hydrogen) atoms. The maximum Gasteiger partial charge on any atom is 0.404 e. The Morgan fingerprint density at radius 3 is 2.27 bits per heavy atom. The number of amides is 2. The van der Waals surface area contributed by atoms with Gasteiger partial charge in [0.05, 0.1) is 12.0 Å². The summed E-state index contributed by atoms with van der Waals surface area (Å²) in [6.07, 6.45) is -2.32. The molecule has 5 nitrogen and oxygen atoms in total. The van der Waals surface area contributed by atoms with E-state index in [4.69, 9.17) is 0 Å². The molecule has 5 rings (SSSR count). The highest BCUT2D eigenvalue weighted by Gasteiger charge is 2.46. The van der Waals surface area contributed by atoms with E-state index in [0.717, 1.165) is 22.3 Å². The van der Waals surface area contributed by atoms with E-state index in [1.807, 2.05) is 79.7 Å². The Labute approximate surface area is 258 Å². The molecule has 1 unspecified atom stereocenters. The molecule has 0 aliphatic carbocycles. The predicted molar refractivity (Wildman–Crippen MR) is 167 cm³/mol. The van der Waals surface area contributed by atoms with Crippen LogP contribution in [0, 0.1) is 12.8 Å². The first-order valence-corrected chi connectivity index (χ1v) is 15.5. The van der Waals surface area contributed by atoms with Crippen molar-refractivity contribution in [1.82, 2.24) is 9.80 Å². The SMILES string of the molecule is Cc1ccccc1C(=O)N1CCCC(C(=O)Nc2cccc(C(C)(C)C)c2)[C@@H]1c1ccc(CN2CCC[C@@H]2C(F)(F)F)cc1. The highest BCUT2D eigenvalue weighted by Crippen LogP contribution is 2.39. The molecule has 3 atom stereocenters. The Balaban J connectivity index is 1.44. The molecule has 2 fully saturated rings. The van der Waals surface area contributed by atoms with Crippen LogP contribution in [0.15, 0.2) is 72.8 Å². The zero-order valence-corrected chi connectivity index (χ0v) is 26.0. The molecule has 0 spiro atoms. The smallest absolute Gasteiger partial charge is 0.331 e. The number of anilines is 1. The minimum Gasteiger partial charge on any atom is -0.331 e. The quantitative estimate of drug-likeness (QED) is 0.309. The fourth-order valence-electron chi connectivity index (χ4n) is 6.62. The van der Waals surface area contributed by atoms with Crippen LogP contribution < -0.4 is 5.32 Å². The minimum atomic E-state index is -4.25. The van der Waals surface area contributed by atoms with E-state index in [0.29, 0.717) is 43.6 Å². The highest BCUT2D eigenvalue weighted by atomic mass is 19.4. The molecule has 8 heteroatoms. The number of alkyl halides is 3. The van der Waals surface area contributed by atoms with Crippen LogP contribution in [0.4, 0.5) is 18.9 Å². The van der Waals surface area contributed by atoms with Gasteiger partial charge in [-0.3, -0.25) is 14.5 Å². The van der Waals surface area contributed by atoms with Crippen molar-refractivity contribution in [3.8, 4) is 0 Å². The van der Waals surface area contributed by atoms with Gasteiger partial charge in [0.25, 0.3) is 5.91 Å². The van der Waals surface area contributed by atoms with E-state index in [2.05, 4.69) is 26.1 Å². The van der Waals surface area contributed by atoms with Gasteiger partial charge >= 0.3 is 6.18 Å². The van der Waals surface area contributed by atoms with Crippen LogP contribution in [0.1, 0.15) is 85.1 Å². The number of carbonyl (C=O) groups excluding carboxylic acids is 2. The molecule has 2 heterocycles. The molecule has 2 aliphatic rings. The van der Waals surface area contributed by atoms with Gasteiger partial charge in [-0.15, -0.1) is 0 Å². The van der Waals surface area contributed by atoms with Crippen molar-refractivity contribution in [2.45, 2.75) is 83.6 Å². The minimum absolute atomic E-state index is 0.0815. The average molecular weight is 606 g/mol. The third-order valence-electron chi connectivity index (χ3n) is 9.05. The second-order valence-electron chi connectivity index (χ2n) is 13.2. The number of nitrogens with zero attached hydrogens (tertiary/aromatic N) is 2. The zero-order valence-electron chi connectivity index (χ0n) is 26.0. The van der Waals surface area contributed by atoms with Gasteiger partial charge in [0.2, 0.25) is 5.91 Å². The number of carbonyl (C=O) groups is 2. The van der Waals surface area contributed by atoms with Crippen LogP contribution in [0.3, 0.4) is 0 Å². The molecule has 2 amide bonds. The standard InChI is InChI=1S/C36H42F3N3O2/c1-24-10-5-6-13-29(24)34(44)42-21-8-14-30(33(43)40-28-12-7-11-27(22-28)35(2,3)4)32(42)26-18-16-25(17-19-26)23-41-20-9-15-31(41)36(37,38)39/h5-7,10-13,16-19,22,30-32H,8-9,14-15,20-21,23H2,1-4H3,(H,40,43)/t30?,31-,32+/m1/s1. The summed E-state index contributed by atoms with van der Waals surface area (Å²) in [6.45, 7) is 9.38. The van der Waals surface area contributed by atoms with Crippen LogP contribution >= 0.6 is 0 Å². The third-order valence-corrected chi connectivity index (χ3v) is 9.05. The number of halogens is 3. The van der Waals surface area contributed by atoms with Crippen molar-refractivity contribution in [3.05, 3.63) is 101 Å². The molecule has 0 bridgehead atoms. The van der Waals surface area contributed by atoms with Gasteiger partial charge in [0.1, 0.15) is 6.04 Å². The fraction of sp³-hybridized carbons (Fsp3) is 0.444. The van der Waals surface area contributed by atoms with E-state index in [9.17, 15) is 22.8 Å². The van der Waals surface area contributed by atoms with Crippen molar-refractivity contribution in [2.75, 3.05) is 18.4 Å². The summed E-state index contributed by atoms with van der Waals surface area (Å²) < 4.78 is 40.6. The Morgan fingerprint density at radius 2 is 1.59 bits per heavy atom. The maximum absolute atomic E-state index is 14.0. The van der Waals surface area contributed by atoms with Crippen LogP contribution in [-0.4, -0.2) is 46.9 Å². The van der Waals surface area contributed by atoms with Crippen molar-refractivity contribution in [2.24, 2.45) is 5.92 Å². The number of piperidine rings is 1. The van der Waals surface area contributed by atoms with Crippen molar-refractivity contribution in [1.29, 1.82) is 0 Å². The van der Waals surface area contributed by atoms with Crippen LogP contribution in [0.5, 0.6) is 0 Å². The lowest BCUT2D eigenvalue weighted by atomic mass is 9.83. The van der Waals surface area contributed by atoms with Crippen molar-refractivity contribution >= 4 is 17.5 Å². The van der Waals surface area contributed by atoms with Gasteiger partial charge < -0.3 is 10.2 Å². The molecule has 0 aromatic heterocycles. The lowest BCUT2D eigenvalue weighted by Gasteiger charge is -2.41. The molecule has 2 aliphatic heterocycles. The lowest BCUT2D eigenvalue weighted by molar-refractivity contribution is -0.177. The number of hydrogen-bond donors (Lipinski definition) is 1. The molecule has 3 aromatic rings. The lowest BCUT2D eigenvalue weighted by Crippen LogP contribution is -2.46. The van der Waals surface area contributed by atoms with Gasteiger partial charge in [-0.25, -0.2) is 0 Å². The van der Waals surface area contributed by atoms with Crippen LogP contribution in [0.2, 0.25) is 0 Å². The van der Waals surface area contributed by atoms with Crippen LogP contribution in [-0.2, 0) is 16.8 Å². The largest absolute Gasteiger partial charge is 0.404 e. The molecule has 2 saturated heterocycles. The summed E-state index contributed by atoms with van der Waals surface area (Å²) >= 11 is 0. The van der Waals surface area contributed by atoms with E-state index >= 15 is 0 Å². The molecule has 0 saturated carbocycles. The van der Waals surface area contributed by atoms with Gasteiger partial charge in [-0.1, -0.05) is 75.4 Å². The number of rotatable bonds is 6. The number of aryl methyl sites for hydroxylation is 1.